The molecule has 21 heavy (non-hydrogen) atoms. The van der Waals surface area contributed by atoms with Gasteiger partial charge in [0.2, 0.25) is 0 Å². The quantitative estimate of drug-likeness (QED) is 0.871. The van der Waals surface area contributed by atoms with Gasteiger partial charge < -0.3 is 15.3 Å². The number of carbonyl (C=O) groups is 2. The largest absolute Gasteiger partial charge is 0.478 e. The smallest absolute Gasteiger partial charge is 0.338 e. The highest BCUT2D eigenvalue weighted by molar-refractivity contribution is 5.92. The fourth-order valence-corrected chi connectivity index (χ4v) is 1.97. The Morgan fingerprint density at radius 3 is 2.71 bits per heavy atom. The molecule has 0 heterocycles. The van der Waals surface area contributed by atoms with Crippen molar-refractivity contribution in [3.8, 4) is 6.07 Å². The summed E-state index contributed by atoms with van der Waals surface area (Å²) in [6.45, 7) is 0.322. The van der Waals surface area contributed by atoms with E-state index in [0.29, 0.717) is 6.54 Å². The molecule has 1 saturated carbocycles. The molecule has 1 fully saturated rings. The normalized spacial score (nSPS) is 13.3. The van der Waals surface area contributed by atoms with Gasteiger partial charge in [-0.05, 0) is 31.0 Å². The van der Waals surface area contributed by atoms with E-state index < -0.39 is 23.4 Å². The van der Waals surface area contributed by atoms with Gasteiger partial charge >= 0.3 is 12.0 Å². The topological polar surface area (TPSA) is 93.4 Å². The summed E-state index contributed by atoms with van der Waals surface area (Å²) in [5.41, 5.74) is -0.262. The standard InChI is InChI=1S/C14H14FN3O3/c15-12-8-9(2-5-11(12)13(19)20)17-14(21)18(7-1-6-16)10-3-4-10/h2,5,8,10H,1,3-4,7H2,(H,17,21)(H,19,20). The number of carboxylic acids is 1. The Bertz CT molecular complexity index is 608. The first-order valence-corrected chi connectivity index (χ1v) is 6.50. The first-order valence-electron chi connectivity index (χ1n) is 6.50. The molecule has 0 unspecified atom stereocenters. The van der Waals surface area contributed by atoms with Gasteiger partial charge in [0.1, 0.15) is 5.82 Å². The van der Waals surface area contributed by atoms with Gasteiger partial charge in [0.15, 0.2) is 0 Å². The first-order chi connectivity index (χ1) is 10.0. The Morgan fingerprint density at radius 2 is 2.19 bits per heavy atom. The Labute approximate surface area is 120 Å². The van der Waals surface area contributed by atoms with Crippen LogP contribution >= 0.6 is 0 Å². The molecule has 1 aliphatic rings. The van der Waals surface area contributed by atoms with Crippen molar-refractivity contribution >= 4 is 17.7 Å². The third-order valence-electron chi connectivity index (χ3n) is 3.16. The number of urea groups is 1. The van der Waals surface area contributed by atoms with Crippen LogP contribution in [0.15, 0.2) is 18.2 Å². The van der Waals surface area contributed by atoms with Crippen molar-refractivity contribution < 1.29 is 19.1 Å². The Morgan fingerprint density at radius 1 is 1.48 bits per heavy atom. The molecule has 0 saturated heterocycles. The summed E-state index contributed by atoms with van der Waals surface area (Å²) in [5, 5.41) is 19.9. The Kier molecular flexibility index (Phi) is 4.38. The van der Waals surface area contributed by atoms with Crippen LogP contribution in [-0.2, 0) is 0 Å². The number of rotatable bonds is 5. The molecule has 2 rings (SSSR count). The number of halogens is 1. The second-order valence-corrected chi connectivity index (χ2v) is 4.76. The fourth-order valence-electron chi connectivity index (χ4n) is 1.97. The maximum atomic E-state index is 13.5. The number of carboxylic acid groups (broad SMARTS) is 1. The lowest BCUT2D eigenvalue weighted by Crippen LogP contribution is -2.37. The van der Waals surface area contributed by atoms with Gasteiger partial charge in [-0.1, -0.05) is 0 Å². The highest BCUT2D eigenvalue weighted by atomic mass is 19.1. The molecule has 110 valence electrons. The van der Waals surface area contributed by atoms with Crippen molar-refractivity contribution in [3.63, 3.8) is 0 Å². The van der Waals surface area contributed by atoms with Crippen LogP contribution in [-0.4, -0.2) is 34.6 Å². The van der Waals surface area contributed by atoms with Crippen LogP contribution < -0.4 is 5.32 Å². The summed E-state index contributed by atoms with van der Waals surface area (Å²) >= 11 is 0. The van der Waals surface area contributed by atoms with Gasteiger partial charge in [-0.3, -0.25) is 0 Å². The van der Waals surface area contributed by atoms with Gasteiger partial charge in [-0.15, -0.1) is 0 Å². The van der Waals surface area contributed by atoms with Crippen molar-refractivity contribution in [2.75, 3.05) is 11.9 Å². The average molecular weight is 291 g/mol. The lowest BCUT2D eigenvalue weighted by atomic mass is 10.2. The van der Waals surface area contributed by atoms with Crippen molar-refractivity contribution in [3.05, 3.63) is 29.6 Å². The van der Waals surface area contributed by atoms with E-state index in [-0.39, 0.29) is 18.2 Å². The maximum Gasteiger partial charge on any atom is 0.338 e. The number of hydrogen-bond acceptors (Lipinski definition) is 3. The highest BCUT2D eigenvalue weighted by Gasteiger charge is 2.32. The summed E-state index contributed by atoms with van der Waals surface area (Å²) < 4.78 is 13.5. The SMILES string of the molecule is N#CCCN(C(=O)Nc1ccc(C(=O)O)c(F)c1)C1CC1. The molecule has 0 bridgehead atoms. The predicted octanol–water partition coefficient (Wildman–Crippen LogP) is 2.43. The Balaban J connectivity index is 2.06. The van der Waals surface area contributed by atoms with Crippen LogP contribution in [0.25, 0.3) is 0 Å². The van der Waals surface area contributed by atoms with E-state index in [1.807, 2.05) is 6.07 Å². The lowest BCUT2D eigenvalue weighted by molar-refractivity contribution is 0.0692. The molecule has 2 N–H and O–H groups in total. The number of anilines is 1. The van der Waals surface area contributed by atoms with Gasteiger partial charge in [0.25, 0.3) is 0 Å². The molecule has 0 atom stereocenters. The number of aromatic carboxylic acids is 1. The number of nitriles is 1. The summed E-state index contributed by atoms with van der Waals surface area (Å²) in [7, 11) is 0. The zero-order chi connectivity index (χ0) is 15.4. The number of amides is 2. The van der Waals surface area contributed by atoms with E-state index >= 15 is 0 Å². The summed E-state index contributed by atoms with van der Waals surface area (Å²) in [6.07, 6.45) is 2.02. The molecule has 0 spiro atoms. The van der Waals surface area contributed by atoms with Gasteiger partial charge in [-0.25, -0.2) is 14.0 Å². The zero-order valence-electron chi connectivity index (χ0n) is 11.2. The monoisotopic (exact) mass is 291 g/mol. The van der Waals surface area contributed by atoms with Crippen LogP contribution in [0.1, 0.15) is 29.6 Å². The van der Waals surface area contributed by atoms with Crippen LogP contribution in [0.3, 0.4) is 0 Å². The van der Waals surface area contributed by atoms with E-state index in [1.54, 1.807) is 4.90 Å². The molecule has 1 aromatic carbocycles. The van der Waals surface area contributed by atoms with Gasteiger partial charge in [-0.2, -0.15) is 5.26 Å². The molecule has 6 nitrogen and oxygen atoms in total. The summed E-state index contributed by atoms with van der Waals surface area (Å²) in [5.74, 6) is -2.27. The highest BCUT2D eigenvalue weighted by Crippen LogP contribution is 2.27. The van der Waals surface area contributed by atoms with Crippen LogP contribution in [0.4, 0.5) is 14.9 Å². The van der Waals surface area contributed by atoms with Crippen LogP contribution in [0.5, 0.6) is 0 Å². The summed E-state index contributed by atoms with van der Waals surface area (Å²) in [6, 6.07) is 5.10. The third-order valence-corrected chi connectivity index (χ3v) is 3.16. The van der Waals surface area contributed by atoms with Crippen molar-refractivity contribution in [1.82, 2.24) is 4.90 Å². The van der Waals surface area contributed by atoms with E-state index in [1.165, 1.54) is 6.07 Å². The van der Waals surface area contributed by atoms with E-state index in [4.69, 9.17) is 10.4 Å². The van der Waals surface area contributed by atoms with E-state index in [2.05, 4.69) is 5.32 Å². The molecular formula is C14H14FN3O3. The average Bonchev–Trinajstić information content (AvgIpc) is 3.23. The molecular weight excluding hydrogens is 277 g/mol. The second-order valence-electron chi connectivity index (χ2n) is 4.76. The molecule has 1 aliphatic carbocycles. The molecule has 0 radical (unpaired) electrons. The molecule has 0 aromatic heterocycles. The van der Waals surface area contributed by atoms with Crippen LogP contribution in [0, 0.1) is 17.1 Å². The second kappa shape index (κ2) is 6.22. The minimum Gasteiger partial charge on any atom is -0.478 e. The third kappa shape index (κ3) is 3.69. The predicted molar refractivity (Wildman–Crippen MR) is 72.3 cm³/mol. The van der Waals surface area contributed by atoms with Crippen molar-refractivity contribution in [1.29, 1.82) is 5.26 Å². The maximum absolute atomic E-state index is 13.5. The fraction of sp³-hybridized carbons (Fsp3) is 0.357. The zero-order valence-corrected chi connectivity index (χ0v) is 11.2. The minimum atomic E-state index is -1.36. The molecule has 0 aliphatic heterocycles. The molecule has 2 amide bonds. The van der Waals surface area contributed by atoms with Crippen molar-refractivity contribution in [2.24, 2.45) is 0 Å². The van der Waals surface area contributed by atoms with Crippen molar-refractivity contribution in [2.45, 2.75) is 25.3 Å². The number of benzene rings is 1. The van der Waals surface area contributed by atoms with E-state index in [9.17, 15) is 14.0 Å². The molecule has 1 aromatic rings. The lowest BCUT2D eigenvalue weighted by Gasteiger charge is -2.21. The number of nitrogens with one attached hydrogen (secondary N) is 1. The number of carbonyl (C=O) groups excluding carboxylic acids is 1. The Hall–Kier alpha value is -2.62. The molecule has 7 heteroatoms. The van der Waals surface area contributed by atoms with Crippen LogP contribution in [0.2, 0.25) is 0 Å². The van der Waals surface area contributed by atoms with Gasteiger partial charge in [0, 0.05) is 18.3 Å². The minimum absolute atomic E-state index is 0.126. The van der Waals surface area contributed by atoms with E-state index in [0.717, 1.165) is 25.0 Å². The number of nitrogens with zero attached hydrogens (tertiary/aromatic N) is 2. The number of hydrogen-bond donors (Lipinski definition) is 2. The van der Waals surface area contributed by atoms with Gasteiger partial charge in [0.05, 0.1) is 18.1 Å². The summed E-state index contributed by atoms with van der Waals surface area (Å²) in [4.78, 5) is 24.4. The first kappa shape index (κ1) is 14.8.